The van der Waals surface area contributed by atoms with E-state index in [1.54, 1.807) is 13.8 Å². The summed E-state index contributed by atoms with van der Waals surface area (Å²) in [6.07, 6.45) is 0.501. The van der Waals surface area contributed by atoms with Crippen molar-refractivity contribution in [1.29, 1.82) is 0 Å². The fourth-order valence-electron chi connectivity index (χ4n) is 2.65. The smallest absolute Gasteiger partial charge is 0.255 e. The summed E-state index contributed by atoms with van der Waals surface area (Å²) in [5, 5.41) is 2.61. The Labute approximate surface area is 166 Å². The maximum atomic E-state index is 13.0. The number of halogens is 1. The van der Waals surface area contributed by atoms with E-state index in [1.807, 2.05) is 30.3 Å². The Hall–Kier alpha value is -2.93. The van der Waals surface area contributed by atoms with Crippen LogP contribution in [0.2, 0.25) is 0 Å². The van der Waals surface area contributed by atoms with Crippen LogP contribution in [0.4, 0.5) is 10.1 Å². The van der Waals surface area contributed by atoms with E-state index in [0.29, 0.717) is 28.5 Å². The Balaban J connectivity index is 1.69. The van der Waals surface area contributed by atoms with Crippen molar-refractivity contribution < 1.29 is 9.18 Å². The number of aryl methyl sites for hydroxylation is 1. The molecule has 0 aliphatic heterocycles. The van der Waals surface area contributed by atoms with Gasteiger partial charge in [0.1, 0.15) is 5.82 Å². The average Bonchev–Trinajstić information content (AvgIpc) is 2.67. The molecule has 0 fully saturated rings. The molecular formula is C21H20FN3O2S. The number of rotatable bonds is 6. The Kier molecular flexibility index (Phi) is 6.26. The first-order valence-electron chi connectivity index (χ1n) is 8.79. The maximum Gasteiger partial charge on any atom is 0.255 e. The van der Waals surface area contributed by atoms with Crippen LogP contribution in [0.1, 0.15) is 23.7 Å². The van der Waals surface area contributed by atoms with E-state index in [4.69, 9.17) is 0 Å². The summed E-state index contributed by atoms with van der Waals surface area (Å²) in [4.78, 5) is 32.0. The minimum Gasteiger partial charge on any atom is -0.325 e. The molecule has 0 aliphatic rings. The molecule has 1 heterocycles. The molecular weight excluding hydrogens is 377 g/mol. The van der Waals surface area contributed by atoms with E-state index in [-0.39, 0.29) is 17.3 Å². The zero-order valence-electron chi connectivity index (χ0n) is 15.5. The van der Waals surface area contributed by atoms with E-state index in [1.165, 1.54) is 24.3 Å². The second-order valence-corrected chi connectivity index (χ2v) is 7.68. The minimum atomic E-state index is -0.493. The van der Waals surface area contributed by atoms with Gasteiger partial charge in [-0.3, -0.25) is 9.59 Å². The molecule has 28 heavy (non-hydrogen) atoms. The van der Waals surface area contributed by atoms with Crippen molar-refractivity contribution in [2.45, 2.75) is 30.7 Å². The Bertz CT molecular complexity index is 1020. The van der Waals surface area contributed by atoms with Gasteiger partial charge in [0.05, 0.1) is 5.25 Å². The van der Waals surface area contributed by atoms with Crippen LogP contribution in [0.5, 0.6) is 0 Å². The monoisotopic (exact) mass is 397 g/mol. The first-order chi connectivity index (χ1) is 13.4. The van der Waals surface area contributed by atoms with E-state index in [9.17, 15) is 14.0 Å². The van der Waals surface area contributed by atoms with Gasteiger partial charge in [0.15, 0.2) is 5.16 Å². The van der Waals surface area contributed by atoms with Crippen LogP contribution < -0.4 is 10.9 Å². The summed E-state index contributed by atoms with van der Waals surface area (Å²) >= 11 is 1.16. The van der Waals surface area contributed by atoms with Crippen molar-refractivity contribution in [1.82, 2.24) is 9.97 Å². The number of benzene rings is 2. The Morgan fingerprint density at radius 2 is 1.86 bits per heavy atom. The normalized spacial score (nSPS) is 11.8. The number of H-pyrrole nitrogens is 1. The summed E-state index contributed by atoms with van der Waals surface area (Å²) in [5.74, 6) is -0.626. The number of carbonyl (C=O) groups is 1. The standard InChI is InChI=1S/C21H20FN3O2S/c1-13-18(12-15-6-4-3-5-7-15)20(27)25-21(23-13)28-14(2)19(26)24-17-10-8-16(22)9-11-17/h3-11,14H,12H2,1-2H3,(H,24,26)(H,23,25,27). The molecule has 0 saturated carbocycles. The summed E-state index contributed by atoms with van der Waals surface area (Å²) < 4.78 is 13.0. The van der Waals surface area contributed by atoms with Crippen LogP contribution in [0.3, 0.4) is 0 Å². The van der Waals surface area contributed by atoms with Crippen molar-refractivity contribution in [3.05, 3.63) is 87.6 Å². The van der Waals surface area contributed by atoms with Gasteiger partial charge in [-0.05, 0) is 43.7 Å². The van der Waals surface area contributed by atoms with Gasteiger partial charge in [0.25, 0.3) is 5.56 Å². The van der Waals surface area contributed by atoms with Crippen molar-refractivity contribution in [2.75, 3.05) is 5.32 Å². The number of anilines is 1. The van der Waals surface area contributed by atoms with Crippen molar-refractivity contribution in [3.63, 3.8) is 0 Å². The highest BCUT2D eigenvalue weighted by Crippen LogP contribution is 2.21. The lowest BCUT2D eigenvalue weighted by Crippen LogP contribution is -2.24. The molecule has 3 rings (SSSR count). The van der Waals surface area contributed by atoms with Crippen LogP contribution in [0.25, 0.3) is 0 Å². The first-order valence-corrected chi connectivity index (χ1v) is 9.67. The van der Waals surface area contributed by atoms with Crippen LogP contribution in [-0.2, 0) is 11.2 Å². The van der Waals surface area contributed by atoms with Gasteiger partial charge in [-0.1, -0.05) is 42.1 Å². The molecule has 7 heteroatoms. The van der Waals surface area contributed by atoms with Gasteiger partial charge in [0, 0.05) is 23.4 Å². The number of amides is 1. The Morgan fingerprint density at radius 3 is 2.50 bits per heavy atom. The van der Waals surface area contributed by atoms with Gasteiger partial charge in [-0.25, -0.2) is 9.37 Å². The van der Waals surface area contributed by atoms with Gasteiger partial charge in [-0.2, -0.15) is 0 Å². The number of carbonyl (C=O) groups excluding carboxylic acids is 1. The molecule has 1 atom stereocenters. The number of nitrogens with zero attached hydrogens (tertiary/aromatic N) is 1. The zero-order valence-corrected chi connectivity index (χ0v) is 16.3. The lowest BCUT2D eigenvalue weighted by Gasteiger charge is -2.12. The zero-order chi connectivity index (χ0) is 20.1. The predicted molar refractivity (Wildman–Crippen MR) is 109 cm³/mol. The van der Waals surface area contributed by atoms with E-state index in [2.05, 4.69) is 15.3 Å². The summed E-state index contributed by atoms with van der Waals surface area (Å²) in [6, 6.07) is 15.3. The SMILES string of the molecule is Cc1nc(SC(C)C(=O)Nc2ccc(F)cc2)[nH]c(=O)c1Cc1ccccc1. The van der Waals surface area contributed by atoms with Crippen LogP contribution in [-0.4, -0.2) is 21.1 Å². The highest BCUT2D eigenvalue weighted by atomic mass is 32.2. The third-order valence-electron chi connectivity index (χ3n) is 4.19. The highest BCUT2D eigenvalue weighted by molar-refractivity contribution is 8.00. The molecule has 0 bridgehead atoms. The van der Waals surface area contributed by atoms with E-state index < -0.39 is 5.25 Å². The summed E-state index contributed by atoms with van der Waals surface area (Å²) in [6.45, 7) is 3.51. The number of hydrogen-bond acceptors (Lipinski definition) is 4. The number of hydrogen-bond donors (Lipinski definition) is 2. The van der Waals surface area contributed by atoms with Crippen molar-refractivity contribution in [3.8, 4) is 0 Å². The fraction of sp³-hybridized carbons (Fsp3) is 0.190. The minimum absolute atomic E-state index is 0.204. The molecule has 1 unspecified atom stereocenters. The summed E-state index contributed by atoms with van der Waals surface area (Å²) in [5.41, 5.74) is 2.59. The third-order valence-corrected chi connectivity index (χ3v) is 5.18. The molecule has 0 radical (unpaired) electrons. The largest absolute Gasteiger partial charge is 0.325 e. The van der Waals surface area contributed by atoms with Gasteiger partial charge in [0.2, 0.25) is 5.91 Å². The second kappa shape index (κ2) is 8.84. The predicted octanol–water partition coefficient (Wildman–Crippen LogP) is 3.93. The third kappa shape index (κ3) is 5.07. The maximum absolute atomic E-state index is 13.0. The molecule has 2 N–H and O–H groups in total. The molecule has 3 aromatic rings. The van der Waals surface area contributed by atoms with Gasteiger partial charge < -0.3 is 10.3 Å². The van der Waals surface area contributed by atoms with Crippen LogP contribution in [0, 0.1) is 12.7 Å². The molecule has 5 nitrogen and oxygen atoms in total. The molecule has 1 aromatic heterocycles. The second-order valence-electron chi connectivity index (χ2n) is 6.35. The lowest BCUT2D eigenvalue weighted by atomic mass is 10.1. The van der Waals surface area contributed by atoms with Gasteiger partial charge in [-0.15, -0.1) is 0 Å². The average molecular weight is 397 g/mol. The quantitative estimate of drug-likeness (QED) is 0.488. The lowest BCUT2D eigenvalue weighted by molar-refractivity contribution is -0.115. The molecule has 0 spiro atoms. The fourth-order valence-corrected chi connectivity index (χ4v) is 3.49. The van der Waals surface area contributed by atoms with Crippen molar-refractivity contribution >= 4 is 23.4 Å². The van der Waals surface area contributed by atoms with E-state index >= 15 is 0 Å². The molecule has 0 aliphatic carbocycles. The van der Waals surface area contributed by atoms with Crippen LogP contribution >= 0.6 is 11.8 Å². The topological polar surface area (TPSA) is 74.8 Å². The number of thioether (sulfide) groups is 1. The summed E-state index contributed by atoms with van der Waals surface area (Å²) in [7, 11) is 0. The first kappa shape index (κ1) is 19.8. The molecule has 144 valence electrons. The van der Waals surface area contributed by atoms with Crippen molar-refractivity contribution in [2.24, 2.45) is 0 Å². The van der Waals surface area contributed by atoms with Gasteiger partial charge >= 0.3 is 0 Å². The van der Waals surface area contributed by atoms with Crippen LogP contribution in [0.15, 0.2) is 64.5 Å². The molecule has 0 saturated heterocycles. The molecule has 2 aromatic carbocycles. The Morgan fingerprint density at radius 1 is 1.18 bits per heavy atom. The molecule has 1 amide bonds. The number of nitrogens with one attached hydrogen (secondary N) is 2. The number of aromatic amines is 1. The highest BCUT2D eigenvalue weighted by Gasteiger charge is 2.17. The van der Waals surface area contributed by atoms with E-state index in [0.717, 1.165) is 17.3 Å². The number of aromatic nitrogens is 2.